The Hall–Kier alpha value is -3.01. The second kappa shape index (κ2) is 11.2. The number of fused-ring (bicyclic) bond motifs is 1. The summed E-state index contributed by atoms with van der Waals surface area (Å²) in [6.45, 7) is 7.81. The Kier molecular flexibility index (Phi) is 8.16. The van der Waals surface area contributed by atoms with Gasteiger partial charge in [0.15, 0.2) is 6.23 Å². The van der Waals surface area contributed by atoms with Crippen LogP contribution in [0.15, 0.2) is 52.2 Å². The number of carboxylic acids is 1. The fraction of sp³-hybridized carbons (Fsp3) is 0.357. The average molecular weight is 541 g/mol. The molecular weight excluding hydrogens is 508 g/mol. The van der Waals surface area contributed by atoms with Gasteiger partial charge < -0.3 is 9.84 Å². The maximum atomic E-state index is 13.9. The van der Waals surface area contributed by atoms with Crippen LogP contribution < -0.4 is 4.74 Å². The first kappa shape index (κ1) is 27.0. The Bertz CT molecular complexity index is 1430. The van der Waals surface area contributed by atoms with Crippen LogP contribution in [0.1, 0.15) is 60.0 Å². The summed E-state index contributed by atoms with van der Waals surface area (Å²) >= 11 is 1.10. The molecule has 0 fully saturated rings. The molecule has 9 heteroatoms. The van der Waals surface area contributed by atoms with Gasteiger partial charge in [0.25, 0.3) is 10.0 Å². The zero-order valence-electron chi connectivity index (χ0n) is 21.5. The third kappa shape index (κ3) is 6.29. The van der Waals surface area contributed by atoms with Gasteiger partial charge in [-0.25, -0.2) is 18.2 Å². The number of ether oxygens (including phenoxy) is 1. The smallest absolute Gasteiger partial charge is 0.328 e. The molecule has 7 nitrogen and oxygen atoms in total. The van der Waals surface area contributed by atoms with Crippen LogP contribution >= 0.6 is 11.3 Å². The van der Waals surface area contributed by atoms with Gasteiger partial charge in [0.05, 0.1) is 0 Å². The van der Waals surface area contributed by atoms with E-state index in [9.17, 15) is 13.2 Å². The van der Waals surface area contributed by atoms with Crippen LogP contribution in [0.2, 0.25) is 0 Å². The molecule has 3 aromatic rings. The third-order valence-electron chi connectivity index (χ3n) is 6.23. The summed E-state index contributed by atoms with van der Waals surface area (Å²) < 4.78 is 35.9. The Morgan fingerprint density at radius 2 is 1.92 bits per heavy atom. The number of benzene rings is 2. The van der Waals surface area contributed by atoms with Crippen LogP contribution in [0, 0.1) is 19.8 Å². The van der Waals surface area contributed by atoms with Crippen molar-refractivity contribution in [3.8, 4) is 5.75 Å². The number of rotatable bonds is 10. The highest BCUT2D eigenvalue weighted by atomic mass is 32.2. The minimum absolute atomic E-state index is 0.0278. The van der Waals surface area contributed by atoms with Crippen LogP contribution in [0.5, 0.6) is 5.75 Å². The second-order valence-corrected chi connectivity index (χ2v) is 12.7. The molecule has 0 aliphatic heterocycles. The van der Waals surface area contributed by atoms with E-state index in [0.29, 0.717) is 22.6 Å². The van der Waals surface area contributed by atoms with Crippen LogP contribution in [0.4, 0.5) is 0 Å². The van der Waals surface area contributed by atoms with E-state index >= 15 is 0 Å². The van der Waals surface area contributed by atoms with Gasteiger partial charge in [-0.1, -0.05) is 38.1 Å². The summed E-state index contributed by atoms with van der Waals surface area (Å²) in [6.07, 6.45) is 4.77. The molecule has 1 aliphatic rings. The van der Waals surface area contributed by atoms with Crippen LogP contribution in [-0.2, 0) is 27.7 Å². The Balaban J connectivity index is 1.82. The first-order valence-corrected chi connectivity index (χ1v) is 14.6. The molecule has 1 N–H and O–H groups in total. The van der Waals surface area contributed by atoms with E-state index in [2.05, 4.69) is 11.1 Å². The predicted octanol–water partition coefficient (Wildman–Crippen LogP) is 5.77. The zero-order chi connectivity index (χ0) is 26.7. The van der Waals surface area contributed by atoms with E-state index in [1.807, 2.05) is 45.0 Å². The Morgan fingerprint density at radius 3 is 2.57 bits per heavy atom. The number of carboxylic acid groups (broad SMARTS) is 1. The lowest BCUT2D eigenvalue weighted by molar-refractivity contribution is -0.131. The molecule has 4 rings (SSSR count). The maximum absolute atomic E-state index is 13.9. The monoisotopic (exact) mass is 540 g/mol. The minimum Gasteiger partial charge on any atom is -0.478 e. The number of aromatic nitrogens is 1. The zero-order valence-corrected chi connectivity index (χ0v) is 23.1. The van der Waals surface area contributed by atoms with Crippen molar-refractivity contribution in [2.75, 3.05) is 6.54 Å². The van der Waals surface area contributed by atoms with Crippen molar-refractivity contribution in [1.29, 1.82) is 0 Å². The molecule has 0 spiro atoms. The van der Waals surface area contributed by atoms with Crippen molar-refractivity contribution in [3.05, 3.63) is 81.4 Å². The molecule has 0 radical (unpaired) electrons. The van der Waals surface area contributed by atoms with Gasteiger partial charge in [0.2, 0.25) is 4.34 Å². The number of hydrogen-bond donors (Lipinski definition) is 1. The number of sulfonamides is 1. The van der Waals surface area contributed by atoms with Gasteiger partial charge in [0.1, 0.15) is 5.75 Å². The lowest BCUT2D eigenvalue weighted by atomic mass is 10.0. The lowest BCUT2D eigenvalue weighted by Gasteiger charge is -2.33. The van der Waals surface area contributed by atoms with Crippen molar-refractivity contribution in [1.82, 2.24) is 9.29 Å². The van der Waals surface area contributed by atoms with Gasteiger partial charge >= 0.3 is 5.97 Å². The van der Waals surface area contributed by atoms with Gasteiger partial charge in [-0.2, -0.15) is 4.31 Å². The second-order valence-electron chi connectivity index (χ2n) is 9.77. The largest absolute Gasteiger partial charge is 0.478 e. The molecule has 1 heterocycles. The fourth-order valence-corrected chi connectivity index (χ4v) is 7.31. The maximum Gasteiger partial charge on any atom is 0.328 e. The lowest BCUT2D eigenvalue weighted by Crippen LogP contribution is -2.40. The van der Waals surface area contributed by atoms with Crippen molar-refractivity contribution >= 4 is 33.4 Å². The van der Waals surface area contributed by atoms with Crippen LogP contribution in [0.25, 0.3) is 6.08 Å². The fourth-order valence-electron chi connectivity index (χ4n) is 4.51. The van der Waals surface area contributed by atoms with E-state index in [4.69, 9.17) is 9.84 Å². The number of aliphatic carboxylic acids is 1. The molecule has 0 bridgehead atoms. The summed E-state index contributed by atoms with van der Waals surface area (Å²) in [7, 11) is -3.98. The predicted molar refractivity (Wildman–Crippen MR) is 145 cm³/mol. The Labute approximate surface area is 222 Å². The third-order valence-corrected chi connectivity index (χ3v) is 9.39. The van der Waals surface area contributed by atoms with E-state index in [1.165, 1.54) is 21.5 Å². The SMILES string of the molecule is Cc1csc(S(=O)(=O)N(CC(C)C)C(Oc2ccc3c(c2)CCC3)c2ccc(C=CC(=O)O)cc2C)n1. The molecule has 37 heavy (non-hydrogen) atoms. The van der Waals surface area contributed by atoms with Gasteiger partial charge in [-0.3, -0.25) is 0 Å². The molecule has 1 aromatic heterocycles. The number of aryl methyl sites for hydroxylation is 4. The summed E-state index contributed by atoms with van der Waals surface area (Å²) in [5.74, 6) is -0.397. The summed E-state index contributed by atoms with van der Waals surface area (Å²) in [6, 6.07) is 11.4. The highest BCUT2D eigenvalue weighted by Gasteiger charge is 2.37. The minimum atomic E-state index is -3.98. The van der Waals surface area contributed by atoms with Crippen molar-refractivity contribution < 1.29 is 23.1 Å². The summed E-state index contributed by atoms with van der Waals surface area (Å²) in [5.41, 5.74) is 5.36. The molecule has 1 atom stereocenters. The normalized spacial score (nSPS) is 14.4. The topological polar surface area (TPSA) is 96.8 Å². The molecule has 1 aliphatic carbocycles. The summed E-state index contributed by atoms with van der Waals surface area (Å²) in [4.78, 5) is 15.3. The number of hydrogen-bond acceptors (Lipinski definition) is 6. The molecule has 2 aromatic carbocycles. The van der Waals surface area contributed by atoms with E-state index < -0.39 is 22.2 Å². The quantitative estimate of drug-likeness (QED) is 0.259. The molecule has 0 amide bonds. The first-order valence-electron chi connectivity index (χ1n) is 12.3. The highest BCUT2D eigenvalue weighted by Crippen LogP contribution is 2.36. The van der Waals surface area contributed by atoms with Crippen LogP contribution in [-0.4, -0.2) is 35.3 Å². The number of thiazole rings is 1. The number of nitrogens with zero attached hydrogens (tertiary/aromatic N) is 2. The van der Waals surface area contributed by atoms with Gasteiger partial charge in [-0.05, 0) is 79.5 Å². The average Bonchev–Trinajstić information content (AvgIpc) is 3.49. The highest BCUT2D eigenvalue weighted by molar-refractivity contribution is 7.91. The van der Waals surface area contributed by atoms with Crippen molar-refractivity contribution in [3.63, 3.8) is 0 Å². The molecule has 0 saturated carbocycles. The van der Waals surface area contributed by atoms with E-state index in [-0.39, 0.29) is 16.8 Å². The summed E-state index contributed by atoms with van der Waals surface area (Å²) in [5, 5.41) is 10.7. The van der Waals surface area contributed by atoms with E-state index in [0.717, 1.165) is 42.2 Å². The van der Waals surface area contributed by atoms with Gasteiger partial charge in [-0.15, -0.1) is 11.3 Å². The van der Waals surface area contributed by atoms with Crippen molar-refractivity contribution in [2.24, 2.45) is 5.92 Å². The Morgan fingerprint density at radius 1 is 1.16 bits per heavy atom. The van der Waals surface area contributed by atoms with Crippen LogP contribution in [0.3, 0.4) is 0 Å². The first-order chi connectivity index (χ1) is 17.5. The molecule has 0 saturated heterocycles. The molecule has 196 valence electrons. The van der Waals surface area contributed by atoms with E-state index in [1.54, 1.807) is 18.4 Å². The number of carbonyl (C=O) groups is 1. The molecule has 1 unspecified atom stereocenters. The molecular formula is C28H32N2O5S2. The van der Waals surface area contributed by atoms with Crippen molar-refractivity contribution in [2.45, 2.75) is 57.5 Å². The standard InChI is InChI=1S/C28H32N2O5S2/c1-18(2)16-30(37(33,34)28-29-20(4)17-36-28)27(35-24-11-10-22-6-5-7-23(22)15-24)25-12-8-21(14-19(25)3)9-13-26(31)32/h8-15,17-18,27H,5-7,16H2,1-4H3,(H,31,32). The van der Waals surface area contributed by atoms with Gasteiger partial charge in [0, 0.05) is 29.3 Å².